The van der Waals surface area contributed by atoms with Gasteiger partial charge in [0.15, 0.2) is 11.5 Å². The number of β-amino-alcohol motifs (C(OH)–C–C–N with tert-alkyl or cyclic N) is 1. The zero-order valence-electron chi connectivity index (χ0n) is 17.0. The molecule has 0 saturated carbocycles. The molecule has 0 aromatic heterocycles. The minimum absolute atomic E-state index is 0.0216. The van der Waals surface area contributed by atoms with E-state index >= 15 is 0 Å². The number of esters is 2. The van der Waals surface area contributed by atoms with Crippen molar-refractivity contribution in [3.8, 4) is 17.2 Å². The summed E-state index contributed by atoms with van der Waals surface area (Å²) in [4.78, 5) is 38.9. The Hall–Kier alpha value is -3.47. The number of hydrogen-bond acceptors (Lipinski definition) is 10. The molecule has 2 heterocycles. The Morgan fingerprint density at radius 2 is 1.77 bits per heavy atom. The summed E-state index contributed by atoms with van der Waals surface area (Å²) in [7, 11) is 5.37. The van der Waals surface area contributed by atoms with Gasteiger partial charge in [-0.05, 0) is 0 Å². The number of carbonyl (C=O) groups is 3. The maximum atomic E-state index is 12.9. The zero-order chi connectivity index (χ0) is 22.0. The van der Waals surface area contributed by atoms with E-state index in [4.69, 9.17) is 23.7 Å². The number of cyclic esters (lactones) is 1. The molecule has 3 rings (SSSR count). The van der Waals surface area contributed by atoms with Crippen molar-refractivity contribution in [2.45, 2.75) is 6.61 Å². The highest BCUT2D eigenvalue weighted by atomic mass is 16.5. The second-order valence-corrected chi connectivity index (χ2v) is 6.32. The van der Waals surface area contributed by atoms with Gasteiger partial charge >= 0.3 is 11.9 Å². The minimum Gasteiger partial charge on any atom is -0.492 e. The molecule has 0 spiro atoms. The summed E-state index contributed by atoms with van der Waals surface area (Å²) in [6.45, 7) is -0.376. The highest BCUT2D eigenvalue weighted by molar-refractivity contribution is 6.11. The van der Waals surface area contributed by atoms with Gasteiger partial charge in [-0.15, -0.1) is 0 Å². The van der Waals surface area contributed by atoms with Crippen molar-refractivity contribution >= 4 is 23.5 Å². The number of hydrogen-bond donors (Lipinski definition) is 2. The first kappa shape index (κ1) is 21.2. The Bertz CT molecular complexity index is 939. The van der Waals surface area contributed by atoms with E-state index in [2.05, 4.69) is 5.32 Å². The largest absolute Gasteiger partial charge is 0.492 e. The quantitative estimate of drug-likeness (QED) is 0.554. The van der Waals surface area contributed by atoms with Gasteiger partial charge in [0.2, 0.25) is 5.75 Å². The molecular weight excluding hydrogens is 400 g/mol. The van der Waals surface area contributed by atoms with Gasteiger partial charge in [-0.2, -0.15) is 0 Å². The zero-order valence-corrected chi connectivity index (χ0v) is 17.0. The molecule has 30 heavy (non-hydrogen) atoms. The Kier molecular flexibility index (Phi) is 6.01. The number of carbonyl (C=O) groups excluding carboxylic acids is 3. The average Bonchev–Trinajstić information content (AvgIpc) is 3.28. The summed E-state index contributed by atoms with van der Waals surface area (Å²) in [6.07, 6.45) is 0. The highest BCUT2D eigenvalue weighted by Crippen LogP contribution is 2.51. The summed E-state index contributed by atoms with van der Waals surface area (Å²) in [5.74, 6) is -1.35. The molecule has 0 unspecified atom stereocenters. The molecule has 162 valence electrons. The van der Waals surface area contributed by atoms with Crippen LogP contribution in [0.2, 0.25) is 0 Å². The van der Waals surface area contributed by atoms with Crippen molar-refractivity contribution in [1.82, 2.24) is 4.90 Å². The number of benzene rings is 1. The van der Waals surface area contributed by atoms with Gasteiger partial charge in [0.1, 0.15) is 18.0 Å². The van der Waals surface area contributed by atoms with Crippen molar-refractivity contribution in [2.24, 2.45) is 0 Å². The average molecular weight is 422 g/mol. The van der Waals surface area contributed by atoms with E-state index in [1.165, 1.54) is 33.3 Å². The number of nitrogens with zero attached hydrogens (tertiary/aromatic N) is 1. The summed E-state index contributed by atoms with van der Waals surface area (Å²) in [6, 6.07) is 0. The molecule has 0 radical (unpaired) electrons. The Balaban J connectivity index is 2.20. The molecule has 0 saturated heterocycles. The molecule has 11 nitrogen and oxygen atoms in total. The number of rotatable bonds is 8. The molecule has 0 bridgehead atoms. The van der Waals surface area contributed by atoms with Crippen LogP contribution < -0.4 is 19.5 Å². The lowest BCUT2D eigenvalue weighted by Crippen LogP contribution is -2.31. The van der Waals surface area contributed by atoms with E-state index in [0.717, 1.165) is 0 Å². The number of ether oxygens (including phenoxy) is 5. The molecule has 1 aromatic rings. The highest BCUT2D eigenvalue weighted by Gasteiger charge is 2.39. The van der Waals surface area contributed by atoms with E-state index in [1.807, 2.05) is 0 Å². The number of methoxy groups -OCH3 is 4. The predicted octanol–water partition coefficient (Wildman–Crippen LogP) is 0.0563. The molecule has 2 aliphatic rings. The van der Waals surface area contributed by atoms with Gasteiger partial charge in [-0.25, -0.2) is 9.59 Å². The summed E-state index contributed by atoms with van der Waals surface area (Å²) < 4.78 is 26.2. The van der Waals surface area contributed by atoms with Gasteiger partial charge in [-0.1, -0.05) is 0 Å². The van der Waals surface area contributed by atoms with Crippen LogP contribution in [0.25, 0.3) is 0 Å². The van der Waals surface area contributed by atoms with Crippen LogP contribution in [0.1, 0.15) is 15.9 Å². The smallest absolute Gasteiger partial charge is 0.341 e. The molecule has 11 heteroatoms. The van der Waals surface area contributed by atoms with Crippen LogP contribution in [-0.4, -0.2) is 76.0 Å². The maximum Gasteiger partial charge on any atom is 0.341 e. The van der Waals surface area contributed by atoms with Crippen molar-refractivity contribution < 1.29 is 43.2 Å². The Labute approximate surface area is 172 Å². The number of anilines is 1. The predicted molar refractivity (Wildman–Crippen MR) is 102 cm³/mol. The van der Waals surface area contributed by atoms with E-state index in [9.17, 15) is 19.5 Å². The Morgan fingerprint density at radius 3 is 2.33 bits per heavy atom. The van der Waals surface area contributed by atoms with Crippen molar-refractivity contribution in [3.05, 3.63) is 22.4 Å². The molecule has 0 fully saturated rings. The van der Waals surface area contributed by atoms with E-state index in [1.54, 1.807) is 0 Å². The lowest BCUT2D eigenvalue weighted by molar-refractivity contribution is -0.136. The molecule has 2 aliphatic heterocycles. The lowest BCUT2D eigenvalue weighted by Gasteiger charge is -2.20. The second kappa shape index (κ2) is 8.49. The molecule has 2 N–H and O–H groups in total. The van der Waals surface area contributed by atoms with Crippen LogP contribution in [0.5, 0.6) is 17.2 Å². The van der Waals surface area contributed by atoms with Crippen LogP contribution in [0.3, 0.4) is 0 Å². The van der Waals surface area contributed by atoms with Gasteiger partial charge in [0, 0.05) is 6.54 Å². The third-order valence-corrected chi connectivity index (χ3v) is 4.83. The standard InChI is InChI=1S/C19H22N2O9/c1-26-14-10-8-30-19(25)11(10)13(15(27-2)16(14)28-3)20-12-9(18(24)29-4)7-21(5-6-22)17(12)23/h20,22H,5-8H2,1-4H3. The topological polar surface area (TPSA) is 133 Å². The number of amides is 1. The van der Waals surface area contributed by atoms with E-state index in [-0.39, 0.29) is 66.1 Å². The van der Waals surface area contributed by atoms with E-state index in [0.29, 0.717) is 5.56 Å². The molecule has 1 amide bonds. The number of nitrogens with one attached hydrogen (secondary N) is 1. The third kappa shape index (κ3) is 3.26. The van der Waals surface area contributed by atoms with Gasteiger partial charge in [0.05, 0.1) is 58.3 Å². The van der Waals surface area contributed by atoms with Gasteiger partial charge in [0.25, 0.3) is 5.91 Å². The van der Waals surface area contributed by atoms with Gasteiger partial charge < -0.3 is 39.0 Å². The monoisotopic (exact) mass is 422 g/mol. The molecular formula is C19H22N2O9. The summed E-state index contributed by atoms with van der Waals surface area (Å²) in [5, 5.41) is 12.1. The molecule has 1 aromatic carbocycles. The van der Waals surface area contributed by atoms with E-state index < -0.39 is 17.8 Å². The number of fused-ring (bicyclic) bond motifs is 1. The maximum absolute atomic E-state index is 12.9. The van der Waals surface area contributed by atoms with Crippen molar-refractivity contribution in [2.75, 3.05) is 53.5 Å². The first-order valence-electron chi connectivity index (χ1n) is 8.93. The van der Waals surface area contributed by atoms with Crippen molar-refractivity contribution in [1.29, 1.82) is 0 Å². The number of aliphatic hydroxyl groups is 1. The summed E-state index contributed by atoms with van der Waals surface area (Å²) in [5.41, 5.74) is 0.578. The molecule has 0 aliphatic carbocycles. The van der Waals surface area contributed by atoms with Crippen LogP contribution in [-0.2, 0) is 25.7 Å². The summed E-state index contributed by atoms with van der Waals surface area (Å²) >= 11 is 0. The SMILES string of the molecule is COC(=O)C1=C(Nc2c(OC)c(OC)c(OC)c3c2C(=O)OC3)C(=O)N(CCO)C1. The second-order valence-electron chi connectivity index (χ2n) is 6.32. The van der Waals surface area contributed by atoms with Gasteiger partial charge in [-0.3, -0.25) is 4.79 Å². The third-order valence-electron chi connectivity index (χ3n) is 4.83. The number of aliphatic hydroxyl groups excluding tert-OH is 1. The van der Waals surface area contributed by atoms with Crippen LogP contribution >= 0.6 is 0 Å². The first-order valence-corrected chi connectivity index (χ1v) is 8.93. The van der Waals surface area contributed by atoms with Crippen LogP contribution in [0.4, 0.5) is 5.69 Å². The lowest BCUT2D eigenvalue weighted by atomic mass is 10.0. The van der Waals surface area contributed by atoms with Crippen LogP contribution in [0.15, 0.2) is 11.3 Å². The first-order chi connectivity index (χ1) is 14.4. The normalized spacial score (nSPS) is 15.2. The van der Waals surface area contributed by atoms with Crippen LogP contribution in [0, 0.1) is 0 Å². The fraction of sp³-hybridized carbons (Fsp3) is 0.421. The molecule has 0 atom stereocenters. The van der Waals surface area contributed by atoms with Crippen molar-refractivity contribution in [3.63, 3.8) is 0 Å². The fourth-order valence-corrected chi connectivity index (χ4v) is 3.49. The Morgan fingerprint density at radius 1 is 1.10 bits per heavy atom. The minimum atomic E-state index is -0.718. The fourth-order valence-electron chi connectivity index (χ4n) is 3.49.